The molecule has 7 heteroatoms. The van der Waals surface area contributed by atoms with Gasteiger partial charge < -0.3 is 15.7 Å². The van der Waals surface area contributed by atoms with E-state index in [0.29, 0.717) is 18.5 Å². The third-order valence-corrected chi connectivity index (χ3v) is 6.65. The smallest absolute Gasteiger partial charge is 0.307 e. The first-order valence-corrected chi connectivity index (χ1v) is 11.5. The summed E-state index contributed by atoms with van der Waals surface area (Å²) in [5.74, 6) is -2.60. The van der Waals surface area contributed by atoms with Gasteiger partial charge in [-0.15, -0.1) is 11.8 Å². The number of carboxylic acids is 1. The number of anilines is 2. The van der Waals surface area contributed by atoms with Crippen LogP contribution in [0.25, 0.3) is 0 Å². The van der Waals surface area contributed by atoms with Crippen molar-refractivity contribution in [3.63, 3.8) is 0 Å². The van der Waals surface area contributed by atoms with E-state index in [2.05, 4.69) is 10.6 Å². The lowest BCUT2D eigenvalue weighted by molar-refractivity contribution is -0.146. The zero-order valence-corrected chi connectivity index (χ0v) is 19.2. The van der Waals surface area contributed by atoms with E-state index in [1.807, 2.05) is 63.3 Å². The van der Waals surface area contributed by atoms with Crippen LogP contribution in [-0.2, 0) is 14.4 Å². The third-order valence-electron chi connectivity index (χ3n) is 5.54. The van der Waals surface area contributed by atoms with Gasteiger partial charge in [-0.3, -0.25) is 14.4 Å². The van der Waals surface area contributed by atoms with E-state index in [4.69, 9.17) is 0 Å². The molecule has 0 heterocycles. The fraction of sp³-hybridized carbons (Fsp3) is 0.320. The molecule has 0 spiro atoms. The zero-order valence-electron chi connectivity index (χ0n) is 18.4. The summed E-state index contributed by atoms with van der Waals surface area (Å²) in [6.45, 7) is 5.80. The maximum absolute atomic E-state index is 12.6. The number of carbonyl (C=O) groups excluding carboxylic acids is 2. The van der Waals surface area contributed by atoms with Gasteiger partial charge in [-0.1, -0.05) is 24.3 Å². The number of hydrogen-bond donors (Lipinski definition) is 3. The van der Waals surface area contributed by atoms with E-state index in [9.17, 15) is 19.5 Å². The highest BCUT2D eigenvalue weighted by Gasteiger charge is 2.33. The van der Waals surface area contributed by atoms with Crippen LogP contribution in [0, 0.1) is 25.7 Å². The summed E-state index contributed by atoms with van der Waals surface area (Å²) in [7, 11) is 0. The molecule has 3 atom stereocenters. The van der Waals surface area contributed by atoms with Gasteiger partial charge in [0.25, 0.3) is 0 Å². The SMILES string of the molecule is Cc1ccc(C)c(NC(=O)C(C)Sc2ccc(NC(=O)C3CC=CCC3C(=O)O)cc2)c1. The number of allylic oxidation sites excluding steroid dienone is 2. The van der Waals surface area contributed by atoms with Crippen LogP contribution in [0.15, 0.2) is 59.5 Å². The summed E-state index contributed by atoms with van der Waals surface area (Å²) in [4.78, 5) is 37.5. The number of aliphatic carboxylic acids is 1. The summed E-state index contributed by atoms with van der Waals surface area (Å²) in [5, 5.41) is 14.9. The minimum Gasteiger partial charge on any atom is -0.481 e. The summed E-state index contributed by atoms with van der Waals surface area (Å²) in [5.41, 5.74) is 3.52. The molecule has 0 fully saturated rings. The molecule has 2 aromatic rings. The van der Waals surface area contributed by atoms with Crippen molar-refractivity contribution in [2.24, 2.45) is 11.8 Å². The van der Waals surface area contributed by atoms with Crippen LogP contribution in [0.3, 0.4) is 0 Å². The highest BCUT2D eigenvalue weighted by Crippen LogP contribution is 2.29. The highest BCUT2D eigenvalue weighted by molar-refractivity contribution is 8.00. The van der Waals surface area contributed by atoms with Gasteiger partial charge in [0.05, 0.1) is 17.1 Å². The van der Waals surface area contributed by atoms with Crippen LogP contribution >= 0.6 is 11.8 Å². The number of thioether (sulfide) groups is 1. The molecular formula is C25H28N2O4S. The molecular weight excluding hydrogens is 424 g/mol. The van der Waals surface area contributed by atoms with E-state index >= 15 is 0 Å². The van der Waals surface area contributed by atoms with E-state index < -0.39 is 17.8 Å². The molecule has 0 aliphatic heterocycles. The normalized spacial score (nSPS) is 18.6. The first-order valence-electron chi connectivity index (χ1n) is 10.6. The highest BCUT2D eigenvalue weighted by atomic mass is 32.2. The number of hydrogen-bond acceptors (Lipinski definition) is 4. The standard InChI is InChI=1S/C25H28N2O4S/c1-15-8-9-16(2)22(14-15)27-23(28)17(3)32-19-12-10-18(11-13-19)26-24(29)20-6-4-5-7-21(20)25(30)31/h4-5,8-14,17,20-21H,6-7H2,1-3H3,(H,26,29)(H,27,28)(H,30,31). The van der Waals surface area contributed by atoms with Crippen molar-refractivity contribution >= 4 is 40.9 Å². The predicted octanol–water partition coefficient (Wildman–Crippen LogP) is 5.03. The number of benzene rings is 2. The first-order chi connectivity index (χ1) is 15.2. The Hall–Kier alpha value is -3.06. The minimum atomic E-state index is -0.950. The average Bonchev–Trinajstić information content (AvgIpc) is 2.77. The Bertz CT molecular complexity index is 1030. The van der Waals surface area contributed by atoms with Crippen molar-refractivity contribution in [3.05, 3.63) is 65.7 Å². The Balaban J connectivity index is 1.57. The number of rotatable bonds is 7. The van der Waals surface area contributed by atoms with E-state index in [-0.39, 0.29) is 17.1 Å². The first kappa shape index (κ1) is 23.6. The summed E-state index contributed by atoms with van der Waals surface area (Å²) >= 11 is 1.43. The van der Waals surface area contributed by atoms with Gasteiger partial charge >= 0.3 is 5.97 Å². The van der Waals surface area contributed by atoms with Crippen molar-refractivity contribution in [2.75, 3.05) is 10.6 Å². The number of carbonyl (C=O) groups is 3. The molecule has 168 valence electrons. The Morgan fingerprint density at radius 1 is 0.969 bits per heavy atom. The molecule has 3 rings (SSSR count). The van der Waals surface area contributed by atoms with E-state index in [0.717, 1.165) is 21.7 Å². The second kappa shape index (κ2) is 10.5. The van der Waals surface area contributed by atoms with Gasteiger partial charge in [-0.2, -0.15) is 0 Å². The van der Waals surface area contributed by atoms with Crippen molar-refractivity contribution in [1.82, 2.24) is 0 Å². The summed E-state index contributed by atoms with van der Waals surface area (Å²) < 4.78 is 0. The van der Waals surface area contributed by atoms with Crippen LogP contribution in [0.1, 0.15) is 30.9 Å². The Morgan fingerprint density at radius 2 is 1.62 bits per heavy atom. The molecule has 0 aromatic heterocycles. The van der Waals surface area contributed by atoms with Crippen molar-refractivity contribution in [1.29, 1.82) is 0 Å². The maximum Gasteiger partial charge on any atom is 0.307 e. The van der Waals surface area contributed by atoms with Gasteiger partial charge in [0, 0.05) is 16.3 Å². The minimum absolute atomic E-state index is 0.0776. The molecule has 3 N–H and O–H groups in total. The monoisotopic (exact) mass is 452 g/mol. The van der Waals surface area contributed by atoms with Crippen LogP contribution < -0.4 is 10.6 Å². The topological polar surface area (TPSA) is 95.5 Å². The lowest BCUT2D eigenvalue weighted by Crippen LogP contribution is -2.34. The van der Waals surface area contributed by atoms with E-state index in [1.165, 1.54) is 11.8 Å². The van der Waals surface area contributed by atoms with Crippen molar-refractivity contribution in [3.8, 4) is 0 Å². The zero-order chi connectivity index (χ0) is 23.3. The van der Waals surface area contributed by atoms with Crippen LogP contribution in [0.5, 0.6) is 0 Å². The fourth-order valence-electron chi connectivity index (χ4n) is 3.59. The Morgan fingerprint density at radius 3 is 2.28 bits per heavy atom. The predicted molar refractivity (Wildman–Crippen MR) is 128 cm³/mol. The van der Waals surface area contributed by atoms with Gasteiger partial charge in [-0.05, 0) is 75.1 Å². The molecule has 0 bridgehead atoms. The molecule has 0 radical (unpaired) electrons. The van der Waals surface area contributed by atoms with Gasteiger partial charge in [0.2, 0.25) is 11.8 Å². The average molecular weight is 453 g/mol. The molecule has 1 aliphatic carbocycles. The molecule has 2 aromatic carbocycles. The second-order valence-corrected chi connectivity index (χ2v) is 9.49. The molecule has 1 aliphatic rings. The number of aryl methyl sites for hydroxylation is 2. The molecule has 6 nitrogen and oxygen atoms in total. The fourth-order valence-corrected chi connectivity index (χ4v) is 4.46. The number of amides is 2. The molecule has 2 amide bonds. The van der Waals surface area contributed by atoms with Crippen molar-refractivity contribution in [2.45, 2.75) is 43.8 Å². The van der Waals surface area contributed by atoms with Crippen molar-refractivity contribution < 1.29 is 19.5 Å². The lowest BCUT2D eigenvalue weighted by atomic mass is 9.82. The number of carboxylic acid groups (broad SMARTS) is 1. The van der Waals surface area contributed by atoms with Gasteiger partial charge in [-0.25, -0.2) is 0 Å². The van der Waals surface area contributed by atoms with Gasteiger partial charge in [0.15, 0.2) is 0 Å². The summed E-state index contributed by atoms with van der Waals surface area (Å²) in [6, 6.07) is 13.2. The maximum atomic E-state index is 12.6. The molecule has 32 heavy (non-hydrogen) atoms. The summed E-state index contributed by atoms with van der Waals surface area (Å²) in [6.07, 6.45) is 4.45. The molecule has 0 saturated carbocycles. The third kappa shape index (κ3) is 6.01. The second-order valence-electron chi connectivity index (χ2n) is 8.08. The van der Waals surface area contributed by atoms with E-state index in [1.54, 1.807) is 12.1 Å². The largest absolute Gasteiger partial charge is 0.481 e. The van der Waals surface area contributed by atoms with Crippen LogP contribution in [0.2, 0.25) is 0 Å². The quantitative estimate of drug-likeness (QED) is 0.405. The van der Waals surface area contributed by atoms with Crippen LogP contribution in [-0.4, -0.2) is 28.1 Å². The molecule has 0 saturated heterocycles. The van der Waals surface area contributed by atoms with Crippen LogP contribution in [0.4, 0.5) is 11.4 Å². The number of nitrogens with one attached hydrogen (secondary N) is 2. The Kier molecular flexibility index (Phi) is 7.75. The molecule has 3 unspecified atom stereocenters. The Labute approximate surface area is 192 Å². The van der Waals surface area contributed by atoms with Gasteiger partial charge in [0.1, 0.15) is 0 Å². The lowest BCUT2D eigenvalue weighted by Gasteiger charge is -2.24.